The molecule has 0 saturated heterocycles. The number of hydrogen-bond acceptors (Lipinski definition) is 5. The van der Waals surface area contributed by atoms with Crippen LogP contribution < -0.4 is 15.4 Å². The molecule has 1 atom stereocenters. The van der Waals surface area contributed by atoms with Gasteiger partial charge in [0.2, 0.25) is 5.91 Å². The summed E-state index contributed by atoms with van der Waals surface area (Å²) >= 11 is 4.62. The van der Waals surface area contributed by atoms with E-state index in [0.29, 0.717) is 12.8 Å². The van der Waals surface area contributed by atoms with Crippen LogP contribution in [-0.4, -0.2) is 35.9 Å². The van der Waals surface area contributed by atoms with E-state index in [1.165, 1.54) is 6.92 Å². The van der Waals surface area contributed by atoms with Gasteiger partial charge < -0.3 is 20.1 Å². The van der Waals surface area contributed by atoms with Gasteiger partial charge in [0, 0.05) is 23.7 Å². The second kappa shape index (κ2) is 9.95. The lowest BCUT2D eigenvalue weighted by Gasteiger charge is -2.35. The van der Waals surface area contributed by atoms with Crippen LogP contribution in [-0.2, 0) is 14.3 Å². The van der Waals surface area contributed by atoms with Gasteiger partial charge in [-0.15, -0.1) is 8.78 Å². The molecule has 1 aromatic carbocycles. The van der Waals surface area contributed by atoms with Gasteiger partial charge in [0.05, 0.1) is 6.61 Å². The Hall–Kier alpha value is -2.30. The summed E-state index contributed by atoms with van der Waals surface area (Å²) in [6.45, 7) is 2.67. The maximum Gasteiger partial charge on any atom is 0.487 e. The normalized spacial score (nSPS) is 13.9. The molecule has 0 radical (unpaired) electrons. The third-order valence-electron chi connectivity index (χ3n) is 3.51. The number of ether oxygens (including phenoxy) is 2. The topological polar surface area (TPSA) is 76.7 Å². The predicted molar refractivity (Wildman–Crippen MR) is 94.6 cm³/mol. The number of carbonyl (C=O) groups excluding carboxylic acids is 2. The highest BCUT2D eigenvalue weighted by Gasteiger charge is 2.63. The van der Waals surface area contributed by atoms with Gasteiger partial charge in [0.25, 0.3) is 0 Å². The molecular weight excluding hydrogens is 427 g/mol. The first-order valence-electron chi connectivity index (χ1n) is 8.53. The van der Waals surface area contributed by atoms with Crippen molar-refractivity contribution in [1.82, 2.24) is 5.32 Å². The summed E-state index contributed by atoms with van der Waals surface area (Å²) in [5.74, 6) is -3.23. The number of carbonyl (C=O) groups is 2. The van der Waals surface area contributed by atoms with Crippen LogP contribution in [0.1, 0.15) is 33.1 Å². The van der Waals surface area contributed by atoms with Crippen LogP contribution in [0.4, 0.5) is 27.6 Å². The Balaban J connectivity index is 3.24. The molecule has 29 heavy (non-hydrogen) atoms. The summed E-state index contributed by atoms with van der Waals surface area (Å²) in [7, 11) is 0. The zero-order valence-corrected chi connectivity index (χ0v) is 16.3. The Morgan fingerprint density at radius 2 is 1.66 bits per heavy atom. The molecule has 6 nitrogen and oxygen atoms in total. The quantitative estimate of drug-likeness (QED) is 0.241. The highest BCUT2D eigenvalue weighted by atomic mass is 35.5. The molecule has 12 heteroatoms. The minimum Gasteiger partial charge on any atom is -0.463 e. The molecule has 1 unspecified atom stereocenters. The van der Waals surface area contributed by atoms with E-state index in [1.807, 2.05) is 5.32 Å². The maximum absolute atomic E-state index is 13.9. The summed E-state index contributed by atoms with van der Waals surface area (Å²) in [4.78, 5) is 24.2. The van der Waals surface area contributed by atoms with Gasteiger partial charge >= 0.3 is 23.4 Å². The highest BCUT2D eigenvalue weighted by molar-refractivity contribution is 6.20. The fourth-order valence-electron chi connectivity index (χ4n) is 2.20. The maximum atomic E-state index is 13.9. The van der Waals surface area contributed by atoms with Gasteiger partial charge in [-0.3, -0.25) is 4.79 Å². The first-order valence-corrected chi connectivity index (χ1v) is 8.91. The van der Waals surface area contributed by atoms with Gasteiger partial charge in [-0.05, 0) is 37.6 Å². The number of nitrogens with one attached hydrogen (secondary N) is 2. The van der Waals surface area contributed by atoms with Crippen molar-refractivity contribution in [3.05, 3.63) is 24.3 Å². The molecule has 1 amide bonds. The number of rotatable bonds is 10. The smallest absolute Gasteiger partial charge is 0.463 e. The monoisotopic (exact) mass is 446 g/mol. The van der Waals surface area contributed by atoms with E-state index in [1.54, 1.807) is 12.2 Å². The lowest BCUT2D eigenvalue weighted by Crippen LogP contribution is -2.69. The average molecular weight is 447 g/mol. The van der Waals surface area contributed by atoms with Crippen LogP contribution in [0.15, 0.2) is 24.3 Å². The standard InChI is InChI=1S/C17H20ClF5N2O4/c1-3-5-6-13(26)25-15(16(19,20)21,14(27)28-4-2)24-11-7-9-12(10-8-11)29-17(18,22)23/h7-10,24H,3-6H2,1-2H3,(H,25,26). The van der Waals surface area contributed by atoms with Crippen LogP contribution in [0.5, 0.6) is 5.75 Å². The first kappa shape index (κ1) is 24.7. The summed E-state index contributed by atoms with van der Waals surface area (Å²) < 4.78 is 75.6. The summed E-state index contributed by atoms with van der Waals surface area (Å²) in [5, 5.41) is 3.58. The number of halogens is 6. The molecule has 0 saturated carbocycles. The SMILES string of the molecule is CCCCC(=O)NC(Nc1ccc(OC(F)(F)Cl)cc1)(C(=O)OCC)C(F)(F)F. The molecule has 164 valence electrons. The van der Waals surface area contributed by atoms with Gasteiger partial charge in [-0.25, -0.2) is 4.79 Å². The fraction of sp³-hybridized carbons (Fsp3) is 0.529. The second-order valence-corrected chi connectivity index (χ2v) is 6.26. The lowest BCUT2D eigenvalue weighted by atomic mass is 10.1. The molecule has 0 spiro atoms. The number of hydrogen-bond donors (Lipinski definition) is 2. The van der Waals surface area contributed by atoms with E-state index in [9.17, 15) is 31.5 Å². The molecule has 0 aliphatic carbocycles. The Bertz CT molecular complexity index is 695. The van der Waals surface area contributed by atoms with Crippen molar-refractivity contribution in [2.24, 2.45) is 0 Å². The van der Waals surface area contributed by atoms with Gasteiger partial charge in [0.1, 0.15) is 5.75 Å². The van der Waals surface area contributed by atoms with E-state index in [0.717, 1.165) is 24.3 Å². The Kier molecular flexibility index (Phi) is 8.49. The molecule has 0 aliphatic heterocycles. The Labute approximate surface area is 168 Å². The van der Waals surface area contributed by atoms with Crippen molar-refractivity contribution in [3.63, 3.8) is 0 Å². The summed E-state index contributed by atoms with van der Waals surface area (Å²) in [5.41, 5.74) is -7.91. The van der Waals surface area contributed by atoms with Crippen molar-refractivity contribution in [2.75, 3.05) is 11.9 Å². The molecule has 1 rings (SSSR count). The minimum atomic E-state index is -5.29. The van der Waals surface area contributed by atoms with E-state index in [-0.39, 0.29) is 18.7 Å². The Morgan fingerprint density at radius 3 is 2.10 bits per heavy atom. The number of unbranched alkanes of at least 4 members (excludes halogenated alkanes) is 1. The van der Waals surface area contributed by atoms with Crippen molar-refractivity contribution >= 4 is 29.2 Å². The van der Waals surface area contributed by atoms with Crippen LogP contribution in [0, 0.1) is 0 Å². The average Bonchev–Trinajstić information content (AvgIpc) is 2.58. The fourth-order valence-corrected chi connectivity index (χ4v) is 2.28. The zero-order valence-electron chi connectivity index (χ0n) is 15.5. The molecule has 1 aromatic rings. The van der Waals surface area contributed by atoms with Crippen LogP contribution in [0.2, 0.25) is 0 Å². The van der Waals surface area contributed by atoms with Crippen molar-refractivity contribution in [3.8, 4) is 5.75 Å². The van der Waals surface area contributed by atoms with Crippen LogP contribution in [0.25, 0.3) is 0 Å². The van der Waals surface area contributed by atoms with Gasteiger partial charge in [-0.2, -0.15) is 13.2 Å². The summed E-state index contributed by atoms with van der Waals surface area (Å²) in [6, 6.07) is 3.69. The predicted octanol–water partition coefficient (Wildman–Crippen LogP) is 4.39. The van der Waals surface area contributed by atoms with Crippen LogP contribution in [0.3, 0.4) is 0 Å². The minimum absolute atomic E-state index is 0.243. The molecule has 0 bridgehead atoms. The summed E-state index contributed by atoms with van der Waals surface area (Å²) in [6.07, 6.45) is -4.68. The van der Waals surface area contributed by atoms with Crippen molar-refractivity contribution in [2.45, 2.75) is 50.5 Å². The Morgan fingerprint density at radius 1 is 1.07 bits per heavy atom. The molecule has 0 fully saturated rings. The largest absolute Gasteiger partial charge is 0.487 e. The molecular formula is C17H20ClF5N2O4. The van der Waals surface area contributed by atoms with Gasteiger partial charge in [-0.1, -0.05) is 13.3 Å². The van der Waals surface area contributed by atoms with Crippen LogP contribution >= 0.6 is 11.6 Å². The van der Waals surface area contributed by atoms with Crippen molar-refractivity contribution in [1.29, 1.82) is 0 Å². The molecule has 0 aromatic heterocycles. The second-order valence-electron chi connectivity index (χ2n) is 5.82. The lowest BCUT2D eigenvalue weighted by molar-refractivity contribution is -0.207. The molecule has 0 heterocycles. The van der Waals surface area contributed by atoms with Gasteiger partial charge in [0.15, 0.2) is 0 Å². The first-order chi connectivity index (χ1) is 13.3. The number of benzene rings is 1. The van der Waals surface area contributed by atoms with E-state index < -0.39 is 35.0 Å². The molecule has 0 aliphatic rings. The third kappa shape index (κ3) is 7.22. The zero-order chi connectivity index (χ0) is 22.3. The van der Waals surface area contributed by atoms with E-state index in [2.05, 4.69) is 21.1 Å². The highest BCUT2D eigenvalue weighted by Crippen LogP contribution is 2.34. The van der Waals surface area contributed by atoms with E-state index in [4.69, 9.17) is 0 Å². The number of anilines is 1. The van der Waals surface area contributed by atoms with Crippen molar-refractivity contribution < 1.29 is 41.0 Å². The number of amides is 1. The number of alkyl halides is 6. The third-order valence-corrected chi connectivity index (χ3v) is 3.59. The van der Waals surface area contributed by atoms with E-state index >= 15 is 0 Å². The molecule has 2 N–H and O–H groups in total. The number of esters is 1.